The molecule has 0 aliphatic carbocycles. The fourth-order valence-electron chi connectivity index (χ4n) is 1.69. The van der Waals surface area contributed by atoms with Crippen molar-refractivity contribution >= 4 is 40.7 Å². The number of hydrogen-bond donors (Lipinski definition) is 3. The Morgan fingerprint density at radius 3 is 2.90 bits per heavy atom. The number of carbonyl (C=O) groups is 1. The number of anilines is 1. The predicted octanol–water partition coefficient (Wildman–Crippen LogP) is 1.57. The molecule has 1 heterocycles. The third-order valence-corrected chi connectivity index (χ3v) is 2.52. The average Bonchev–Trinajstić information content (AvgIpc) is 2.70. The smallest absolute Gasteiger partial charge is 0.270 e. The monoisotopic (exact) mass is 299 g/mol. The molecule has 0 aliphatic rings. The Morgan fingerprint density at radius 2 is 2.30 bits per heavy atom. The van der Waals surface area contributed by atoms with Gasteiger partial charge in [0, 0.05) is 24.6 Å². The Balaban J connectivity index is 0.00000200. The Morgan fingerprint density at radius 1 is 1.60 bits per heavy atom. The van der Waals surface area contributed by atoms with Crippen molar-refractivity contribution in [3.05, 3.63) is 28.3 Å². The van der Waals surface area contributed by atoms with E-state index in [-0.39, 0.29) is 42.3 Å². The number of nitrogens with zero attached hydrogens (tertiary/aromatic N) is 2. The zero-order chi connectivity index (χ0) is 14.0. The van der Waals surface area contributed by atoms with Gasteiger partial charge < -0.3 is 11.1 Å². The standard InChI is InChI=1S/C11H13N5O3.ClH/c1-6(12)4-10(17)13-11-8-5-7(16(18)19)2-3-9(8)14-15-11;/h2-3,5-6H,4,12H2,1H3,(H2,13,14,15,17);1H. The van der Waals surface area contributed by atoms with Crippen LogP contribution in [0.5, 0.6) is 0 Å². The molecular weight excluding hydrogens is 286 g/mol. The summed E-state index contributed by atoms with van der Waals surface area (Å²) in [7, 11) is 0. The van der Waals surface area contributed by atoms with Crippen molar-refractivity contribution in [3.8, 4) is 0 Å². The first-order valence-electron chi connectivity index (χ1n) is 5.65. The highest BCUT2D eigenvalue weighted by molar-refractivity contribution is 6.00. The number of H-pyrrole nitrogens is 1. The van der Waals surface area contributed by atoms with E-state index >= 15 is 0 Å². The molecule has 0 aliphatic heterocycles. The molecule has 20 heavy (non-hydrogen) atoms. The summed E-state index contributed by atoms with van der Waals surface area (Å²) in [5.41, 5.74) is 6.07. The van der Waals surface area contributed by atoms with Crippen molar-refractivity contribution in [2.24, 2.45) is 5.73 Å². The summed E-state index contributed by atoms with van der Waals surface area (Å²) in [5, 5.41) is 20.4. The summed E-state index contributed by atoms with van der Waals surface area (Å²) < 4.78 is 0. The highest BCUT2D eigenvalue weighted by atomic mass is 35.5. The van der Waals surface area contributed by atoms with Crippen LogP contribution in [0.25, 0.3) is 10.9 Å². The quantitative estimate of drug-likeness (QED) is 0.583. The predicted molar refractivity (Wildman–Crippen MR) is 76.9 cm³/mol. The van der Waals surface area contributed by atoms with Crippen molar-refractivity contribution in [2.45, 2.75) is 19.4 Å². The van der Waals surface area contributed by atoms with Crippen LogP contribution in [0.1, 0.15) is 13.3 Å². The number of non-ortho nitro benzene ring substituents is 1. The van der Waals surface area contributed by atoms with E-state index in [0.29, 0.717) is 10.9 Å². The third kappa shape index (κ3) is 3.43. The highest BCUT2D eigenvalue weighted by Crippen LogP contribution is 2.25. The lowest BCUT2D eigenvalue weighted by Crippen LogP contribution is -2.24. The number of hydrogen-bond acceptors (Lipinski definition) is 5. The van der Waals surface area contributed by atoms with Crippen molar-refractivity contribution in [1.82, 2.24) is 10.2 Å². The molecule has 0 saturated heterocycles. The zero-order valence-corrected chi connectivity index (χ0v) is 11.4. The lowest BCUT2D eigenvalue weighted by molar-refractivity contribution is -0.384. The Kier molecular flexibility index (Phi) is 5.00. The van der Waals surface area contributed by atoms with Crippen molar-refractivity contribution in [1.29, 1.82) is 0 Å². The van der Waals surface area contributed by atoms with Gasteiger partial charge in [-0.1, -0.05) is 0 Å². The largest absolute Gasteiger partial charge is 0.327 e. The van der Waals surface area contributed by atoms with E-state index < -0.39 is 4.92 Å². The number of halogens is 1. The van der Waals surface area contributed by atoms with Gasteiger partial charge in [-0.25, -0.2) is 0 Å². The van der Waals surface area contributed by atoms with Crippen LogP contribution in [-0.2, 0) is 4.79 Å². The normalized spacial score (nSPS) is 11.7. The van der Waals surface area contributed by atoms with Gasteiger partial charge in [0.15, 0.2) is 5.82 Å². The van der Waals surface area contributed by atoms with E-state index in [1.807, 2.05) is 0 Å². The first-order chi connectivity index (χ1) is 8.97. The van der Waals surface area contributed by atoms with Crippen molar-refractivity contribution < 1.29 is 9.72 Å². The number of aromatic nitrogens is 2. The van der Waals surface area contributed by atoms with Crippen molar-refractivity contribution in [2.75, 3.05) is 5.32 Å². The topological polar surface area (TPSA) is 127 Å². The minimum Gasteiger partial charge on any atom is -0.327 e. The van der Waals surface area contributed by atoms with Gasteiger partial charge in [0.2, 0.25) is 5.91 Å². The average molecular weight is 300 g/mol. The lowest BCUT2D eigenvalue weighted by atomic mass is 10.2. The maximum atomic E-state index is 11.6. The third-order valence-electron chi connectivity index (χ3n) is 2.52. The molecule has 0 spiro atoms. The second-order valence-corrected chi connectivity index (χ2v) is 4.29. The van der Waals surface area contributed by atoms with Crippen LogP contribution >= 0.6 is 12.4 Å². The van der Waals surface area contributed by atoms with Gasteiger partial charge in [-0.3, -0.25) is 20.0 Å². The van der Waals surface area contributed by atoms with E-state index in [1.165, 1.54) is 12.1 Å². The molecule has 9 heteroatoms. The number of aromatic amines is 1. The van der Waals surface area contributed by atoms with Crippen LogP contribution in [0.2, 0.25) is 0 Å². The number of fused-ring (bicyclic) bond motifs is 1. The minimum atomic E-state index is -0.500. The van der Waals surface area contributed by atoms with Crippen LogP contribution in [0.4, 0.5) is 11.5 Å². The Bertz CT molecular complexity index is 640. The summed E-state index contributed by atoms with van der Waals surface area (Å²) in [6, 6.07) is 4.01. The van der Waals surface area contributed by atoms with Gasteiger partial charge in [0.1, 0.15) is 0 Å². The van der Waals surface area contributed by atoms with Crippen LogP contribution in [0, 0.1) is 10.1 Å². The maximum Gasteiger partial charge on any atom is 0.270 e. The molecule has 0 fully saturated rings. The summed E-state index contributed by atoms with van der Waals surface area (Å²) in [5.74, 6) is -0.0146. The van der Waals surface area contributed by atoms with Gasteiger partial charge in [0.25, 0.3) is 5.69 Å². The SMILES string of the molecule is CC(N)CC(=O)Nc1n[nH]c2ccc([N+](=O)[O-])cc12.Cl. The maximum absolute atomic E-state index is 11.6. The molecule has 0 saturated carbocycles. The number of nitrogens with two attached hydrogens (primary N) is 1. The van der Waals surface area contributed by atoms with E-state index in [4.69, 9.17) is 5.73 Å². The molecule has 0 radical (unpaired) electrons. The second-order valence-electron chi connectivity index (χ2n) is 4.29. The Hall–Kier alpha value is -2.19. The molecule has 1 aromatic heterocycles. The zero-order valence-electron chi connectivity index (χ0n) is 10.6. The number of amides is 1. The highest BCUT2D eigenvalue weighted by Gasteiger charge is 2.14. The van der Waals surface area contributed by atoms with Gasteiger partial charge in [-0.15, -0.1) is 12.4 Å². The van der Waals surface area contributed by atoms with E-state index in [2.05, 4.69) is 15.5 Å². The fourth-order valence-corrected chi connectivity index (χ4v) is 1.69. The summed E-state index contributed by atoms with van der Waals surface area (Å²) in [6.45, 7) is 1.72. The van der Waals surface area contributed by atoms with Crippen LogP contribution < -0.4 is 11.1 Å². The van der Waals surface area contributed by atoms with Gasteiger partial charge in [-0.2, -0.15) is 5.10 Å². The van der Waals surface area contributed by atoms with Gasteiger partial charge in [-0.05, 0) is 13.0 Å². The van der Waals surface area contributed by atoms with E-state index in [0.717, 1.165) is 0 Å². The lowest BCUT2D eigenvalue weighted by Gasteiger charge is -2.04. The minimum absolute atomic E-state index is 0. The molecule has 0 bridgehead atoms. The first kappa shape index (κ1) is 15.9. The molecule has 8 nitrogen and oxygen atoms in total. The number of nitrogens with one attached hydrogen (secondary N) is 2. The first-order valence-corrected chi connectivity index (χ1v) is 5.65. The van der Waals surface area contributed by atoms with Crippen LogP contribution in [0.3, 0.4) is 0 Å². The summed E-state index contributed by atoms with van der Waals surface area (Å²) >= 11 is 0. The molecule has 1 aromatic carbocycles. The number of rotatable bonds is 4. The van der Waals surface area contributed by atoms with E-state index in [9.17, 15) is 14.9 Å². The van der Waals surface area contributed by atoms with Crippen LogP contribution in [0.15, 0.2) is 18.2 Å². The van der Waals surface area contributed by atoms with Gasteiger partial charge >= 0.3 is 0 Å². The molecule has 2 aromatic rings. The molecule has 2 rings (SSSR count). The number of carbonyl (C=O) groups excluding carboxylic acids is 1. The molecule has 1 atom stereocenters. The molecule has 1 amide bonds. The molecule has 1 unspecified atom stereocenters. The van der Waals surface area contributed by atoms with Crippen LogP contribution in [-0.4, -0.2) is 27.1 Å². The summed E-state index contributed by atoms with van der Waals surface area (Å²) in [4.78, 5) is 21.8. The van der Waals surface area contributed by atoms with E-state index in [1.54, 1.807) is 13.0 Å². The molecular formula is C11H14ClN5O3. The second kappa shape index (κ2) is 6.31. The fraction of sp³-hybridized carbons (Fsp3) is 0.273. The number of nitro benzene ring substituents is 1. The Labute approximate surface area is 120 Å². The number of benzene rings is 1. The van der Waals surface area contributed by atoms with Gasteiger partial charge in [0.05, 0.1) is 15.8 Å². The number of nitro groups is 1. The van der Waals surface area contributed by atoms with Crippen molar-refractivity contribution in [3.63, 3.8) is 0 Å². The molecule has 108 valence electrons. The summed E-state index contributed by atoms with van der Waals surface area (Å²) in [6.07, 6.45) is 0.156. The molecule has 4 N–H and O–H groups in total.